The topological polar surface area (TPSA) is 187 Å². The molecule has 6 atom stereocenters. The van der Waals surface area contributed by atoms with Crippen LogP contribution in [0.2, 0.25) is 0 Å². The molecule has 1 saturated carbocycles. The highest BCUT2D eigenvalue weighted by atomic mass is 16.3. The van der Waals surface area contributed by atoms with Crippen LogP contribution in [0.15, 0.2) is 42.2 Å². The molecule has 1 amide bonds. The first-order valence-corrected chi connectivity index (χ1v) is 11.5. The molecule has 6 N–H and O–H groups in total. The summed E-state index contributed by atoms with van der Waals surface area (Å²) in [7, 11) is 3.23. The number of hydrogen-bond acceptors (Lipinski definition) is 10. The van der Waals surface area contributed by atoms with Crippen LogP contribution >= 0.6 is 0 Å². The zero-order valence-corrected chi connectivity index (χ0v) is 19.6. The van der Waals surface area contributed by atoms with E-state index in [4.69, 9.17) is 5.73 Å². The molecule has 0 aliphatic heterocycles. The lowest BCUT2D eigenvalue weighted by atomic mass is 9.55. The van der Waals surface area contributed by atoms with Crippen molar-refractivity contribution in [3.8, 4) is 16.9 Å². The molecular weight excluding hydrogens is 468 g/mol. The molecule has 1 aromatic carbocycles. The van der Waals surface area contributed by atoms with E-state index in [9.17, 15) is 34.8 Å². The average molecular weight is 495 g/mol. The summed E-state index contributed by atoms with van der Waals surface area (Å²) >= 11 is 0. The first-order valence-electron chi connectivity index (χ1n) is 11.5. The van der Waals surface area contributed by atoms with Gasteiger partial charge in [0.15, 0.2) is 17.2 Å². The number of primary amides is 1. The first kappa shape index (κ1) is 24.0. The number of ketones is 2. The quantitative estimate of drug-likeness (QED) is 0.356. The zero-order chi connectivity index (χ0) is 26.1. The van der Waals surface area contributed by atoms with Gasteiger partial charge in [0.2, 0.25) is 5.91 Å². The van der Waals surface area contributed by atoms with Crippen molar-refractivity contribution in [3.63, 3.8) is 0 Å². The predicted octanol–water partition coefficient (Wildman–Crippen LogP) is -0.257. The summed E-state index contributed by atoms with van der Waals surface area (Å²) in [5, 5.41) is 44.5. The molecule has 1 fully saturated rings. The molecule has 3 aliphatic rings. The van der Waals surface area contributed by atoms with Gasteiger partial charge in [-0.2, -0.15) is 0 Å². The number of likely N-dealkylation sites (N-methyl/N-ethyl adjacent to an activating group) is 1. The third-order valence-corrected chi connectivity index (χ3v) is 7.85. The first-order chi connectivity index (χ1) is 17.0. The van der Waals surface area contributed by atoms with Crippen LogP contribution in [-0.2, 0) is 16.0 Å². The number of carbonyl (C=O) groups is 3. The average Bonchev–Trinajstić information content (AvgIpc) is 2.81. The van der Waals surface area contributed by atoms with Crippen LogP contribution in [0.1, 0.15) is 22.3 Å². The van der Waals surface area contributed by atoms with Crippen LogP contribution in [0, 0.1) is 17.8 Å². The molecule has 11 nitrogen and oxygen atoms in total. The third kappa shape index (κ3) is 3.13. The number of rotatable bonds is 3. The molecule has 0 radical (unpaired) electrons. The van der Waals surface area contributed by atoms with Crippen LogP contribution in [-0.4, -0.2) is 84.6 Å². The molecule has 5 rings (SSSR count). The van der Waals surface area contributed by atoms with E-state index in [-0.39, 0.29) is 29.7 Å². The molecule has 188 valence electrons. The Morgan fingerprint density at radius 3 is 2.44 bits per heavy atom. The monoisotopic (exact) mass is 494 g/mol. The standard InChI is InChI=1S/C25H26N4O7/c1-29(2)19-14-6-10-5-13-12(11-7-27-9-28-8-11)3-4-15(30)17(13)20(31)16(10)22(33)25(14,36)23(34)18(21(19)32)24(26)35/h3-4,7-10,14,18-19,21,30,32-33,36H,5-6H2,1-2H3,(H2,26,35)/t10-,14-,18?,19-,21?,25-/m0/s1. The minimum atomic E-state index is -2.60. The summed E-state index contributed by atoms with van der Waals surface area (Å²) in [6, 6.07) is 2.09. The second-order valence-electron chi connectivity index (χ2n) is 9.90. The maximum atomic E-state index is 13.7. The summed E-state index contributed by atoms with van der Waals surface area (Å²) < 4.78 is 0. The van der Waals surface area contributed by atoms with Gasteiger partial charge in [-0.15, -0.1) is 0 Å². The number of carbonyl (C=O) groups excluding carboxylic acids is 3. The summed E-state index contributed by atoms with van der Waals surface area (Å²) in [6.07, 6.45) is 3.27. The number of nitrogens with zero attached hydrogens (tertiary/aromatic N) is 3. The molecular formula is C25H26N4O7. The molecule has 2 aromatic rings. The SMILES string of the molecule is CN(C)[C@@H]1C(O)C(C(N)=O)C(=O)[C@@]2(O)C(O)=C3C(=O)c4c(O)ccc(-c5cncnc5)c4C[C@H]3C[C@@H]12. The van der Waals surface area contributed by atoms with E-state index in [2.05, 4.69) is 9.97 Å². The number of aromatic hydroxyl groups is 1. The van der Waals surface area contributed by atoms with Crippen molar-refractivity contribution in [1.82, 2.24) is 14.9 Å². The maximum Gasteiger partial charge on any atom is 0.230 e. The largest absolute Gasteiger partial charge is 0.508 e. The lowest BCUT2D eigenvalue weighted by Crippen LogP contribution is -2.71. The lowest BCUT2D eigenvalue weighted by Gasteiger charge is -2.53. The smallest absolute Gasteiger partial charge is 0.230 e. The van der Waals surface area contributed by atoms with Crippen LogP contribution < -0.4 is 5.73 Å². The van der Waals surface area contributed by atoms with Gasteiger partial charge in [0, 0.05) is 35.5 Å². The minimum absolute atomic E-state index is 0.0462. The van der Waals surface area contributed by atoms with Crippen LogP contribution in [0.25, 0.3) is 11.1 Å². The number of aliphatic hydroxyl groups excluding tert-OH is 2. The number of phenols is 1. The fraction of sp³-hybridized carbons (Fsp3) is 0.400. The zero-order valence-electron chi connectivity index (χ0n) is 19.6. The highest BCUT2D eigenvalue weighted by Gasteiger charge is 2.66. The van der Waals surface area contributed by atoms with Crippen LogP contribution in [0.3, 0.4) is 0 Å². The number of hydrogen-bond donors (Lipinski definition) is 5. The number of aromatic nitrogens is 2. The van der Waals surface area contributed by atoms with Crippen LogP contribution in [0.5, 0.6) is 5.75 Å². The Bertz CT molecular complexity index is 1330. The summed E-state index contributed by atoms with van der Waals surface area (Å²) in [4.78, 5) is 48.8. The van der Waals surface area contributed by atoms with E-state index in [0.29, 0.717) is 16.7 Å². The Morgan fingerprint density at radius 1 is 1.17 bits per heavy atom. The van der Waals surface area contributed by atoms with Gasteiger partial charge in [0.25, 0.3) is 0 Å². The third-order valence-electron chi connectivity index (χ3n) is 7.85. The molecule has 1 heterocycles. The fourth-order valence-electron chi connectivity index (χ4n) is 6.31. The van der Waals surface area contributed by atoms with E-state index in [1.165, 1.54) is 12.4 Å². The van der Waals surface area contributed by atoms with Gasteiger partial charge in [0.1, 0.15) is 23.8 Å². The fourth-order valence-corrected chi connectivity index (χ4v) is 6.31. The highest BCUT2D eigenvalue weighted by Crippen LogP contribution is 2.53. The number of Topliss-reactive ketones (excluding diaryl/α,β-unsaturated/α-hetero) is 2. The van der Waals surface area contributed by atoms with E-state index in [1.54, 1.807) is 37.5 Å². The van der Waals surface area contributed by atoms with E-state index in [0.717, 1.165) is 0 Å². The molecule has 2 unspecified atom stereocenters. The summed E-state index contributed by atoms with van der Waals surface area (Å²) in [6.45, 7) is 0. The molecule has 0 bridgehead atoms. The van der Waals surface area contributed by atoms with Gasteiger partial charge in [0.05, 0.1) is 11.7 Å². The Hall–Kier alpha value is -3.67. The van der Waals surface area contributed by atoms with Gasteiger partial charge in [-0.1, -0.05) is 6.07 Å². The Labute approximate surface area is 205 Å². The van der Waals surface area contributed by atoms with Gasteiger partial charge in [-0.25, -0.2) is 9.97 Å². The molecule has 11 heteroatoms. The van der Waals surface area contributed by atoms with Crippen molar-refractivity contribution < 1.29 is 34.8 Å². The lowest BCUT2D eigenvalue weighted by molar-refractivity contribution is -0.178. The molecule has 0 spiro atoms. The second-order valence-corrected chi connectivity index (χ2v) is 9.90. The van der Waals surface area contributed by atoms with E-state index >= 15 is 0 Å². The van der Waals surface area contributed by atoms with Gasteiger partial charge < -0.3 is 31.1 Å². The van der Waals surface area contributed by atoms with Crippen molar-refractivity contribution in [2.24, 2.45) is 23.5 Å². The van der Waals surface area contributed by atoms with Crippen molar-refractivity contribution in [2.45, 2.75) is 30.6 Å². The molecule has 3 aliphatic carbocycles. The number of amides is 1. The normalized spacial score (nSPS) is 31.6. The predicted molar refractivity (Wildman–Crippen MR) is 125 cm³/mol. The van der Waals surface area contributed by atoms with Crippen molar-refractivity contribution in [3.05, 3.63) is 53.3 Å². The van der Waals surface area contributed by atoms with Crippen LogP contribution in [0.4, 0.5) is 0 Å². The number of phenolic OH excluding ortho intramolecular Hbond substituents is 1. The van der Waals surface area contributed by atoms with Gasteiger partial charge in [-0.05, 0) is 50.0 Å². The Kier molecular flexibility index (Phi) is 5.47. The van der Waals surface area contributed by atoms with E-state index in [1.807, 2.05) is 0 Å². The Morgan fingerprint density at radius 2 is 1.83 bits per heavy atom. The minimum Gasteiger partial charge on any atom is -0.508 e. The number of fused-ring (bicyclic) bond motifs is 3. The number of nitrogens with two attached hydrogens (primary N) is 1. The van der Waals surface area contributed by atoms with Gasteiger partial charge >= 0.3 is 0 Å². The van der Waals surface area contributed by atoms with Gasteiger partial charge in [-0.3, -0.25) is 14.4 Å². The summed E-state index contributed by atoms with van der Waals surface area (Å²) in [5.41, 5.74) is 4.34. The summed E-state index contributed by atoms with van der Waals surface area (Å²) in [5.74, 6) is -7.62. The molecule has 0 saturated heterocycles. The number of allylic oxidation sites excluding steroid dienone is 1. The number of aliphatic hydroxyl groups is 3. The molecule has 1 aromatic heterocycles. The Balaban J connectivity index is 1.72. The van der Waals surface area contributed by atoms with Crippen molar-refractivity contribution in [2.75, 3.05) is 14.1 Å². The second kappa shape index (κ2) is 8.19. The van der Waals surface area contributed by atoms with Crippen molar-refractivity contribution in [1.29, 1.82) is 0 Å². The highest BCUT2D eigenvalue weighted by molar-refractivity contribution is 6.16. The molecule has 36 heavy (non-hydrogen) atoms. The maximum absolute atomic E-state index is 13.7. The van der Waals surface area contributed by atoms with E-state index < -0.39 is 58.7 Å². The number of benzene rings is 1. The van der Waals surface area contributed by atoms with Crippen molar-refractivity contribution >= 4 is 17.5 Å².